The third kappa shape index (κ3) is 2.38. The summed E-state index contributed by atoms with van der Waals surface area (Å²) in [6.07, 6.45) is 0. The zero-order valence-corrected chi connectivity index (χ0v) is 9.01. The number of hydrogen-bond acceptors (Lipinski definition) is 5. The van der Waals surface area contributed by atoms with Crippen molar-refractivity contribution in [2.45, 2.75) is 6.92 Å². The van der Waals surface area contributed by atoms with Gasteiger partial charge in [0.15, 0.2) is 5.82 Å². The molecule has 5 heteroatoms. The number of benzene rings is 1. The summed E-state index contributed by atoms with van der Waals surface area (Å²) >= 11 is 0. The Balaban J connectivity index is 2.13. The van der Waals surface area contributed by atoms with Gasteiger partial charge in [-0.1, -0.05) is 5.16 Å². The van der Waals surface area contributed by atoms with Crippen LogP contribution in [0.25, 0.3) is 11.5 Å². The maximum Gasteiger partial charge on any atom is 0.257 e. The summed E-state index contributed by atoms with van der Waals surface area (Å²) < 4.78 is 10.4. The topological polar surface area (TPSA) is 74.2 Å². The van der Waals surface area contributed by atoms with Crippen LogP contribution >= 0.6 is 0 Å². The Kier molecular flexibility index (Phi) is 3.16. The van der Waals surface area contributed by atoms with E-state index >= 15 is 0 Å². The van der Waals surface area contributed by atoms with Gasteiger partial charge in [-0.15, -0.1) is 0 Å². The first-order valence-electron chi connectivity index (χ1n) is 5.03. The highest BCUT2D eigenvalue weighted by Crippen LogP contribution is 2.20. The van der Waals surface area contributed by atoms with E-state index in [0.29, 0.717) is 24.9 Å². The lowest BCUT2D eigenvalue weighted by Gasteiger charge is -2.03. The second-order valence-corrected chi connectivity index (χ2v) is 3.31. The second-order valence-electron chi connectivity index (χ2n) is 3.31. The fraction of sp³-hybridized carbons (Fsp3) is 0.273. The van der Waals surface area contributed by atoms with Crippen molar-refractivity contribution in [1.29, 1.82) is 0 Å². The highest BCUT2D eigenvalue weighted by atomic mass is 16.5. The number of aromatic nitrogens is 2. The lowest BCUT2D eigenvalue weighted by Crippen LogP contribution is -2.10. The average Bonchev–Trinajstić information content (AvgIpc) is 2.74. The Morgan fingerprint density at radius 2 is 2.06 bits per heavy atom. The maximum atomic E-state index is 5.36. The molecule has 2 N–H and O–H groups in total. The van der Waals surface area contributed by atoms with E-state index in [0.717, 1.165) is 11.3 Å². The first-order chi connectivity index (χ1) is 7.79. The Morgan fingerprint density at radius 1 is 1.31 bits per heavy atom. The van der Waals surface area contributed by atoms with Crippen LogP contribution in [0, 0.1) is 6.92 Å². The van der Waals surface area contributed by atoms with E-state index in [1.165, 1.54) is 0 Å². The molecule has 84 valence electrons. The molecule has 0 saturated carbocycles. The molecular weight excluding hydrogens is 206 g/mol. The standard InChI is InChI=1S/C11H13N3O2/c1-8-13-11(16-14-8)9-2-4-10(5-3-9)15-7-6-12/h2-5H,6-7,12H2,1H3. The van der Waals surface area contributed by atoms with Crippen molar-refractivity contribution in [2.75, 3.05) is 13.2 Å². The quantitative estimate of drug-likeness (QED) is 0.840. The highest BCUT2D eigenvalue weighted by Gasteiger charge is 2.05. The van der Waals surface area contributed by atoms with E-state index in [4.69, 9.17) is 15.0 Å². The molecule has 0 aliphatic rings. The van der Waals surface area contributed by atoms with E-state index in [1.807, 2.05) is 24.3 Å². The summed E-state index contributed by atoms with van der Waals surface area (Å²) in [5.74, 6) is 1.92. The number of aryl methyl sites for hydroxylation is 1. The summed E-state index contributed by atoms with van der Waals surface area (Å²) in [5.41, 5.74) is 6.22. The van der Waals surface area contributed by atoms with Gasteiger partial charge >= 0.3 is 0 Å². The SMILES string of the molecule is Cc1noc(-c2ccc(OCCN)cc2)n1. The summed E-state index contributed by atoms with van der Waals surface area (Å²) in [4.78, 5) is 4.13. The van der Waals surface area contributed by atoms with Gasteiger partial charge in [-0.3, -0.25) is 0 Å². The number of nitrogens with zero attached hydrogens (tertiary/aromatic N) is 2. The molecular formula is C11H13N3O2. The van der Waals surface area contributed by atoms with Crippen molar-refractivity contribution in [3.8, 4) is 17.2 Å². The third-order valence-corrected chi connectivity index (χ3v) is 2.02. The molecule has 0 aliphatic heterocycles. The molecule has 0 amide bonds. The summed E-state index contributed by atoms with van der Waals surface area (Å²) in [6.45, 7) is 2.80. The van der Waals surface area contributed by atoms with Crippen LogP contribution in [0.4, 0.5) is 0 Å². The van der Waals surface area contributed by atoms with E-state index in [1.54, 1.807) is 6.92 Å². The maximum absolute atomic E-state index is 5.36. The Hall–Kier alpha value is -1.88. The van der Waals surface area contributed by atoms with Crippen LogP contribution in [-0.2, 0) is 0 Å². The zero-order valence-electron chi connectivity index (χ0n) is 9.01. The van der Waals surface area contributed by atoms with Gasteiger partial charge in [0.05, 0.1) is 0 Å². The predicted molar refractivity (Wildman–Crippen MR) is 59.0 cm³/mol. The Bertz CT molecular complexity index is 451. The molecule has 1 aromatic carbocycles. The van der Waals surface area contributed by atoms with Crippen LogP contribution in [0.3, 0.4) is 0 Å². The van der Waals surface area contributed by atoms with Crippen LogP contribution < -0.4 is 10.5 Å². The molecule has 2 aromatic rings. The van der Waals surface area contributed by atoms with Gasteiger partial charge < -0.3 is 15.0 Å². The minimum atomic E-state index is 0.505. The van der Waals surface area contributed by atoms with Gasteiger partial charge in [0, 0.05) is 12.1 Å². The summed E-state index contributed by atoms with van der Waals surface area (Å²) in [6, 6.07) is 7.45. The van der Waals surface area contributed by atoms with Crippen LogP contribution in [0.2, 0.25) is 0 Å². The van der Waals surface area contributed by atoms with Gasteiger partial charge in [0.1, 0.15) is 12.4 Å². The van der Waals surface area contributed by atoms with Crippen molar-refractivity contribution in [3.05, 3.63) is 30.1 Å². The van der Waals surface area contributed by atoms with Gasteiger partial charge in [-0.25, -0.2) is 0 Å². The van der Waals surface area contributed by atoms with E-state index in [2.05, 4.69) is 10.1 Å². The van der Waals surface area contributed by atoms with Gasteiger partial charge in [-0.2, -0.15) is 4.98 Å². The smallest absolute Gasteiger partial charge is 0.257 e. The van der Waals surface area contributed by atoms with Gasteiger partial charge in [0.2, 0.25) is 0 Å². The van der Waals surface area contributed by atoms with Crippen molar-refractivity contribution < 1.29 is 9.26 Å². The van der Waals surface area contributed by atoms with Crippen LogP contribution in [-0.4, -0.2) is 23.3 Å². The van der Waals surface area contributed by atoms with E-state index in [-0.39, 0.29) is 0 Å². The zero-order chi connectivity index (χ0) is 11.4. The number of rotatable bonds is 4. The van der Waals surface area contributed by atoms with Crippen molar-refractivity contribution in [2.24, 2.45) is 5.73 Å². The fourth-order valence-corrected chi connectivity index (χ4v) is 1.28. The van der Waals surface area contributed by atoms with E-state index in [9.17, 15) is 0 Å². The first-order valence-corrected chi connectivity index (χ1v) is 5.03. The molecule has 0 fully saturated rings. The first kappa shape index (κ1) is 10.6. The Morgan fingerprint density at radius 3 is 2.62 bits per heavy atom. The minimum Gasteiger partial charge on any atom is -0.492 e. The number of nitrogens with two attached hydrogens (primary N) is 1. The van der Waals surface area contributed by atoms with Crippen molar-refractivity contribution in [1.82, 2.24) is 10.1 Å². The molecule has 0 aliphatic carbocycles. The van der Waals surface area contributed by atoms with Gasteiger partial charge in [0.25, 0.3) is 5.89 Å². The normalized spacial score (nSPS) is 10.4. The van der Waals surface area contributed by atoms with Crippen LogP contribution in [0.1, 0.15) is 5.82 Å². The average molecular weight is 219 g/mol. The number of hydrogen-bond donors (Lipinski definition) is 1. The lowest BCUT2D eigenvalue weighted by atomic mass is 10.2. The van der Waals surface area contributed by atoms with Crippen LogP contribution in [0.5, 0.6) is 5.75 Å². The lowest BCUT2D eigenvalue weighted by molar-refractivity contribution is 0.328. The molecule has 5 nitrogen and oxygen atoms in total. The molecule has 0 bridgehead atoms. The monoisotopic (exact) mass is 219 g/mol. The molecule has 0 spiro atoms. The van der Waals surface area contributed by atoms with Crippen molar-refractivity contribution >= 4 is 0 Å². The second kappa shape index (κ2) is 4.76. The highest BCUT2D eigenvalue weighted by molar-refractivity contribution is 5.54. The Labute approximate surface area is 93.2 Å². The molecule has 0 radical (unpaired) electrons. The molecule has 0 saturated heterocycles. The third-order valence-electron chi connectivity index (χ3n) is 2.02. The molecule has 1 heterocycles. The number of ether oxygens (including phenoxy) is 1. The van der Waals surface area contributed by atoms with Crippen LogP contribution in [0.15, 0.2) is 28.8 Å². The molecule has 1 aromatic heterocycles. The molecule has 0 unspecified atom stereocenters. The van der Waals surface area contributed by atoms with E-state index < -0.39 is 0 Å². The summed E-state index contributed by atoms with van der Waals surface area (Å²) in [5, 5.41) is 3.73. The summed E-state index contributed by atoms with van der Waals surface area (Å²) in [7, 11) is 0. The largest absolute Gasteiger partial charge is 0.492 e. The molecule has 0 atom stereocenters. The van der Waals surface area contributed by atoms with Gasteiger partial charge in [-0.05, 0) is 31.2 Å². The minimum absolute atomic E-state index is 0.505. The predicted octanol–water partition coefficient (Wildman–Crippen LogP) is 1.38. The fourth-order valence-electron chi connectivity index (χ4n) is 1.28. The molecule has 2 rings (SSSR count). The van der Waals surface area contributed by atoms with Crippen molar-refractivity contribution in [3.63, 3.8) is 0 Å². The molecule has 16 heavy (non-hydrogen) atoms.